The van der Waals surface area contributed by atoms with Crippen LogP contribution in [0.3, 0.4) is 0 Å². The Balaban J connectivity index is 2.78. The smallest absolute Gasteiger partial charge is 0.510 e. The number of ether oxygens (including phenoxy) is 1. The number of hydrogen-bond acceptors (Lipinski definition) is 4. The average Bonchev–Trinajstić information content (AvgIpc) is 2.08. The zero-order chi connectivity index (χ0) is 11.4. The summed E-state index contributed by atoms with van der Waals surface area (Å²) in [5, 5.41) is 17.0. The predicted octanol–water partition coefficient (Wildman–Crippen LogP) is 0.961. The lowest BCUT2D eigenvalue weighted by Gasteiger charge is -2.11. The third kappa shape index (κ3) is 3.77. The van der Waals surface area contributed by atoms with Crippen molar-refractivity contribution < 1.29 is 23.8 Å². The van der Waals surface area contributed by atoms with E-state index in [0.717, 1.165) is 6.07 Å². The van der Waals surface area contributed by atoms with Crippen molar-refractivity contribution in [2.45, 2.75) is 20.0 Å². The molecule has 0 amide bonds. The van der Waals surface area contributed by atoms with Gasteiger partial charge in [0.25, 0.3) is 0 Å². The molecule has 0 radical (unpaired) electrons. The standard InChI is InChI=1S/C9H12BFO4/c1-6(2)14-7-3-4-9(8(11)5-7)15-10(12)13/h3-6,12-13H,1-2H3. The summed E-state index contributed by atoms with van der Waals surface area (Å²) in [6.07, 6.45) is -0.0559. The zero-order valence-corrected chi connectivity index (χ0v) is 8.48. The summed E-state index contributed by atoms with van der Waals surface area (Å²) in [6, 6.07) is 3.88. The minimum Gasteiger partial charge on any atom is -0.510 e. The Morgan fingerprint density at radius 3 is 2.47 bits per heavy atom. The van der Waals surface area contributed by atoms with E-state index in [1.54, 1.807) is 0 Å². The van der Waals surface area contributed by atoms with Gasteiger partial charge < -0.3 is 19.4 Å². The third-order valence-electron chi connectivity index (χ3n) is 1.51. The highest BCUT2D eigenvalue weighted by Crippen LogP contribution is 2.23. The Hall–Kier alpha value is -1.27. The second kappa shape index (κ2) is 5.00. The Morgan fingerprint density at radius 2 is 2.00 bits per heavy atom. The van der Waals surface area contributed by atoms with Crippen molar-refractivity contribution in [3.05, 3.63) is 24.0 Å². The number of rotatable bonds is 4. The predicted molar refractivity (Wildman–Crippen MR) is 53.0 cm³/mol. The quantitative estimate of drug-likeness (QED) is 0.733. The van der Waals surface area contributed by atoms with Crippen LogP contribution in [0.5, 0.6) is 11.5 Å². The van der Waals surface area contributed by atoms with Crippen LogP contribution in [-0.4, -0.2) is 23.5 Å². The first-order valence-electron chi connectivity index (χ1n) is 4.48. The zero-order valence-electron chi connectivity index (χ0n) is 8.48. The molecule has 2 N–H and O–H groups in total. The first kappa shape index (κ1) is 11.8. The van der Waals surface area contributed by atoms with E-state index in [1.807, 2.05) is 13.8 Å². The molecule has 15 heavy (non-hydrogen) atoms. The monoisotopic (exact) mass is 214 g/mol. The van der Waals surface area contributed by atoms with Crippen LogP contribution in [0.1, 0.15) is 13.8 Å². The van der Waals surface area contributed by atoms with E-state index in [9.17, 15) is 4.39 Å². The summed E-state index contributed by atoms with van der Waals surface area (Å²) < 4.78 is 22.9. The molecule has 0 saturated heterocycles. The third-order valence-corrected chi connectivity index (χ3v) is 1.51. The molecule has 0 unspecified atom stereocenters. The molecule has 0 bridgehead atoms. The molecule has 0 atom stereocenters. The second-order valence-electron chi connectivity index (χ2n) is 3.20. The van der Waals surface area contributed by atoms with Gasteiger partial charge in [-0.05, 0) is 26.0 Å². The maximum atomic E-state index is 13.2. The lowest BCUT2D eigenvalue weighted by Crippen LogP contribution is -2.21. The normalized spacial score (nSPS) is 10.3. The van der Waals surface area contributed by atoms with E-state index in [2.05, 4.69) is 4.65 Å². The van der Waals surface area contributed by atoms with Gasteiger partial charge in [-0.2, -0.15) is 0 Å². The van der Waals surface area contributed by atoms with Crippen molar-refractivity contribution in [3.63, 3.8) is 0 Å². The van der Waals surface area contributed by atoms with Gasteiger partial charge in [0.05, 0.1) is 6.10 Å². The molecule has 0 aliphatic heterocycles. The van der Waals surface area contributed by atoms with Crippen molar-refractivity contribution >= 4 is 7.32 Å². The van der Waals surface area contributed by atoms with Crippen LogP contribution in [0, 0.1) is 5.82 Å². The summed E-state index contributed by atoms with van der Waals surface area (Å²) in [5.41, 5.74) is 0. The molecule has 0 spiro atoms. The minimum absolute atomic E-state index is 0.0559. The molecule has 1 rings (SSSR count). The van der Waals surface area contributed by atoms with Gasteiger partial charge in [-0.25, -0.2) is 4.39 Å². The van der Waals surface area contributed by atoms with Crippen LogP contribution >= 0.6 is 0 Å². The van der Waals surface area contributed by atoms with Gasteiger partial charge in [0.2, 0.25) is 0 Å². The van der Waals surface area contributed by atoms with Crippen LogP contribution < -0.4 is 9.39 Å². The van der Waals surface area contributed by atoms with E-state index in [-0.39, 0.29) is 11.9 Å². The molecule has 0 fully saturated rings. The Morgan fingerprint density at radius 1 is 1.33 bits per heavy atom. The van der Waals surface area contributed by atoms with Crippen LogP contribution in [0.4, 0.5) is 4.39 Å². The Kier molecular flexibility index (Phi) is 3.93. The van der Waals surface area contributed by atoms with Gasteiger partial charge in [0.1, 0.15) is 11.5 Å². The molecule has 0 aliphatic carbocycles. The molecule has 0 saturated carbocycles. The lowest BCUT2D eigenvalue weighted by molar-refractivity contribution is 0.240. The first-order chi connectivity index (χ1) is 6.99. The molecule has 82 valence electrons. The molecular weight excluding hydrogens is 202 g/mol. The van der Waals surface area contributed by atoms with Crippen molar-refractivity contribution in [3.8, 4) is 11.5 Å². The highest BCUT2D eigenvalue weighted by molar-refractivity contribution is 6.33. The van der Waals surface area contributed by atoms with Crippen molar-refractivity contribution in [2.75, 3.05) is 0 Å². The molecule has 0 aromatic heterocycles. The van der Waals surface area contributed by atoms with E-state index >= 15 is 0 Å². The van der Waals surface area contributed by atoms with E-state index in [4.69, 9.17) is 14.8 Å². The second-order valence-corrected chi connectivity index (χ2v) is 3.20. The lowest BCUT2D eigenvalue weighted by atomic mass is 10.2. The van der Waals surface area contributed by atoms with Crippen molar-refractivity contribution in [1.82, 2.24) is 0 Å². The Bertz CT molecular complexity index is 330. The fourth-order valence-electron chi connectivity index (χ4n) is 1.04. The summed E-state index contributed by atoms with van der Waals surface area (Å²) in [4.78, 5) is 0. The van der Waals surface area contributed by atoms with E-state index in [0.29, 0.717) is 5.75 Å². The fraction of sp³-hybridized carbons (Fsp3) is 0.333. The molecule has 6 heteroatoms. The number of halogens is 1. The van der Waals surface area contributed by atoms with Gasteiger partial charge >= 0.3 is 7.32 Å². The van der Waals surface area contributed by atoms with E-state index in [1.165, 1.54) is 12.1 Å². The van der Waals surface area contributed by atoms with E-state index < -0.39 is 13.1 Å². The van der Waals surface area contributed by atoms with Gasteiger partial charge in [0, 0.05) is 6.07 Å². The highest BCUT2D eigenvalue weighted by Gasteiger charge is 2.15. The van der Waals surface area contributed by atoms with Gasteiger partial charge in [0.15, 0.2) is 5.82 Å². The Labute approximate surface area is 87.4 Å². The van der Waals surface area contributed by atoms with Gasteiger partial charge in [-0.15, -0.1) is 0 Å². The summed E-state index contributed by atoms with van der Waals surface area (Å²) in [7, 11) is -2.03. The molecule has 1 aromatic carbocycles. The first-order valence-corrected chi connectivity index (χ1v) is 4.48. The highest BCUT2D eigenvalue weighted by atomic mass is 19.1. The minimum atomic E-state index is -2.03. The molecule has 0 heterocycles. The summed E-state index contributed by atoms with van der Waals surface area (Å²) in [5.74, 6) is -0.579. The molecule has 1 aromatic rings. The summed E-state index contributed by atoms with van der Waals surface area (Å²) in [6.45, 7) is 3.64. The molecular formula is C9H12BFO4. The topological polar surface area (TPSA) is 58.9 Å². The van der Waals surface area contributed by atoms with Crippen molar-refractivity contribution in [2.24, 2.45) is 0 Å². The maximum absolute atomic E-state index is 13.2. The van der Waals surface area contributed by atoms with Crippen LogP contribution in [0.15, 0.2) is 18.2 Å². The average molecular weight is 214 g/mol. The van der Waals surface area contributed by atoms with Crippen molar-refractivity contribution in [1.29, 1.82) is 0 Å². The van der Waals surface area contributed by atoms with Gasteiger partial charge in [-0.3, -0.25) is 0 Å². The SMILES string of the molecule is CC(C)Oc1ccc(OB(O)O)c(F)c1. The maximum Gasteiger partial charge on any atom is 0.707 e. The van der Waals surface area contributed by atoms with Crippen LogP contribution in [0.2, 0.25) is 0 Å². The van der Waals surface area contributed by atoms with Gasteiger partial charge in [-0.1, -0.05) is 0 Å². The molecule has 0 aliphatic rings. The number of hydrogen-bond donors (Lipinski definition) is 2. The van der Waals surface area contributed by atoms with Crippen LogP contribution in [-0.2, 0) is 0 Å². The summed E-state index contributed by atoms with van der Waals surface area (Å²) >= 11 is 0. The molecule has 4 nitrogen and oxygen atoms in total. The number of benzene rings is 1. The largest absolute Gasteiger partial charge is 0.707 e. The van der Waals surface area contributed by atoms with Crippen LogP contribution in [0.25, 0.3) is 0 Å². The fourth-order valence-corrected chi connectivity index (χ4v) is 1.04.